The Labute approximate surface area is 216 Å². The monoisotopic (exact) mass is 500 g/mol. The maximum Gasteiger partial charge on any atom is 0.247 e. The maximum atomic E-state index is 12.2. The first-order valence-electron chi connectivity index (χ1n) is 11.9. The highest BCUT2D eigenvalue weighted by Crippen LogP contribution is 2.38. The van der Waals surface area contributed by atoms with Crippen molar-refractivity contribution in [2.75, 3.05) is 56.9 Å². The predicted molar refractivity (Wildman–Crippen MR) is 148 cm³/mol. The van der Waals surface area contributed by atoms with Crippen LogP contribution in [0.2, 0.25) is 0 Å². The third-order valence-electron chi connectivity index (χ3n) is 5.92. The van der Waals surface area contributed by atoms with E-state index in [1.165, 1.54) is 6.08 Å². The third-order valence-corrected chi connectivity index (χ3v) is 5.92. The molecule has 4 rings (SSSR count). The van der Waals surface area contributed by atoms with Crippen molar-refractivity contribution in [3.8, 4) is 17.1 Å². The standard InChI is InChI=1S/C27H32N8O2/c1-7-25(36)30-20-16-21(24(37-6)17-23(20)34(5)15-14-33(3)4)32-27-28-12-11-19(31-27)26-22-10-8-9-13-35(22)18(2)29-26/h7-13,16-17H,1,14-15H2,2-6H3,(H,30,36)(H,28,31,32). The number of imidazole rings is 1. The molecule has 0 aliphatic carbocycles. The zero-order chi connectivity index (χ0) is 26.5. The number of aromatic nitrogens is 4. The topological polar surface area (TPSA) is 99.9 Å². The van der Waals surface area contributed by atoms with Crippen LogP contribution in [0.5, 0.6) is 5.75 Å². The zero-order valence-corrected chi connectivity index (χ0v) is 21.8. The lowest BCUT2D eigenvalue weighted by molar-refractivity contribution is -0.111. The number of carbonyl (C=O) groups is 1. The number of amides is 1. The van der Waals surface area contributed by atoms with Gasteiger partial charge in [0, 0.05) is 38.6 Å². The minimum atomic E-state index is -0.307. The van der Waals surface area contributed by atoms with E-state index in [9.17, 15) is 4.79 Å². The summed E-state index contributed by atoms with van der Waals surface area (Å²) in [5.74, 6) is 1.52. The number of nitrogens with one attached hydrogen (secondary N) is 2. The largest absolute Gasteiger partial charge is 0.494 e. The summed E-state index contributed by atoms with van der Waals surface area (Å²) < 4.78 is 7.71. The smallest absolute Gasteiger partial charge is 0.247 e. The highest BCUT2D eigenvalue weighted by molar-refractivity contribution is 6.02. The van der Waals surface area contributed by atoms with Gasteiger partial charge in [-0.15, -0.1) is 0 Å². The molecule has 2 N–H and O–H groups in total. The summed E-state index contributed by atoms with van der Waals surface area (Å²) in [6.45, 7) is 7.13. The molecule has 0 aliphatic heterocycles. The summed E-state index contributed by atoms with van der Waals surface area (Å²) in [6.07, 6.45) is 4.90. The number of pyridine rings is 1. The van der Waals surface area contributed by atoms with E-state index in [4.69, 9.17) is 14.7 Å². The van der Waals surface area contributed by atoms with Gasteiger partial charge in [0.15, 0.2) is 0 Å². The van der Waals surface area contributed by atoms with E-state index < -0.39 is 0 Å². The number of benzene rings is 1. The Morgan fingerprint density at radius 1 is 1.14 bits per heavy atom. The van der Waals surface area contributed by atoms with Crippen LogP contribution in [-0.4, -0.2) is 71.5 Å². The Balaban J connectivity index is 1.71. The molecule has 0 atom stereocenters. The summed E-state index contributed by atoms with van der Waals surface area (Å²) in [5, 5.41) is 6.16. The highest BCUT2D eigenvalue weighted by atomic mass is 16.5. The first-order chi connectivity index (χ1) is 17.8. The number of aryl methyl sites for hydroxylation is 1. The lowest BCUT2D eigenvalue weighted by Gasteiger charge is -2.26. The van der Waals surface area contributed by atoms with Gasteiger partial charge in [0.05, 0.1) is 35.4 Å². The highest BCUT2D eigenvalue weighted by Gasteiger charge is 2.17. The van der Waals surface area contributed by atoms with Gasteiger partial charge in [-0.3, -0.25) is 4.79 Å². The molecule has 192 valence electrons. The molecule has 0 unspecified atom stereocenters. The van der Waals surface area contributed by atoms with Crippen molar-refractivity contribution < 1.29 is 9.53 Å². The summed E-state index contributed by atoms with van der Waals surface area (Å²) in [5.41, 5.74) is 4.45. The van der Waals surface area contributed by atoms with Crippen LogP contribution in [0, 0.1) is 6.92 Å². The van der Waals surface area contributed by atoms with Gasteiger partial charge in [-0.25, -0.2) is 15.0 Å². The number of methoxy groups -OCH3 is 1. The molecule has 4 aromatic rings. The van der Waals surface area contributed by atoms with Crippen molar-refractivity contribution in [2.45, 2.75) is 6.92 Å². The molecular formula is C27H32N8O2. The molecule has 3 aromatic heterocycles. The van der Waals surface area contributed by atoms with Crippen molar-refractivity contribution in [1.82, 2.24) is 24.3 Å². The Morgan fingerprint density at radius 3 is 2.68 bits per heavy atom. The second-order valence-corrected chi connectivity index (χ2v) is 8.84. The van der Waals surface area contributed by atoms with E-state index >= 15 is 0 Å². The van der Waals surface area contributed by atoms with Crippen LogP contribution in [0.3, 0.4) is 0 Å². The number of anilines is 4. The van der Waals surface area contributed by atoms with Crippen LogP contribution in [0.15, 0.2) is 61.4 Å². The summed E-state index contributed by atoms with van der Waals surface area (Å²) in [7, 11) is 7.61. The molecule has 0 radical (unpaired) electrons. The number of hydrogen-bond acceptors (Lipinski definition) is 8. The van der Waals surface area contributed by atoms with Crippen molar-refractivity contribution in [3.63, 3.8) is 0 Å². The molecular weight excluding hydrogens is 468 g/mol. The summed E-state index contributed by atoms with van der Waals surface area (Å²) >= 11 is 0. The van der Waals surface area contributed by atoms with Gasteiger partial charge in [0.2, 0.25) is 11.9 Å². The molecule has 1 aromatic carbocycles. The number of rotatable bonds is 10. The fourth-order valence-corrected chi connectivity index (χ4v) is 3.96. The molecule has 0 fully saturated rings. The van der Waals surface area contributed by atoms with Crippen molar-refractivity contribution >= 4 is 34.4 Å². The quantitative estimate of drug-likeness (QED) is 0.316. The van der Waals surface area contributed by atoms with E-state index in [0.717, 1.165) is 35.8 Å². The number of carbonyl (C=O) groups excluding carboxylic acids is 1. The molecule has 10 nitrogen and oxygen atoms in total. The van der Waals surface area contributed by atoms with Crippen molar-refractivity contribution in [1.29, 1.82) is 0 Å². The van der Waals surface area contributed by atoms with Gasteiger partial charge >= 0.3 is 0 Å². The fourth-order valence-electron chi connectivity index (χ4n) is 3.96. The molecule has 37 heavy (non-hydrogen) atoms. The van der Waals surface area contributed by atoms with Crippen LogP contribution in [0.1, 0.15) is 5.82 Å². The lowest BCUT2D eigenvalue weighted by atomic mass is 10.2. The molecule has 3 heterocycles. The van der Waals surface area contributed by atoms with Gasteiger partial charge in [-0.2, -0.15) is 0 Å². The minimum absolute atomic E-state index is 0.307. The maximum absolute atomic E-state index is 12.2. The van der Waals surface area contributed by atoms with Gasteiger partial charge in [0.1, 0.15) is 17.3 Å². The van der Waals surface area contributed by atoms with E-state index in [-0.39, 0.29) is 5.91 Å². The van der Waals surface area contributed by atoms with Gasteiger partial charge in [-0.05, 0) is 51.4 Å². The SMILES string of the molecule is C=CC(=O)Nc1cc(Nc2nccc(-c3nc(C)n4ccccc34)n2)c(OC)cc1N(C)CCN(C)C. The van der Waals surface area contributed by atoms with Gasteiger partial charge in [0.25, 0.3) is 0 Å². The second-order valence-electron chi connectivity index (χ2n) is 8.84. The summed E-state index contributed by atoms with van der Waals surface area (Å²) in [6, 6.07) is 11.5. The molecule has 0 saturated heterocycles. The first-order valence-corrected chi connectivity index (χ1v) is 11.9. The average Bonchev–Trinajstić information content (AvgIpc) is 3.24. The molecule has 10 heteroatoms. The van der Waals surface area contributed by atoms with Crippen LogP contribution >= 0.6 is 0 Å². The van der Waals surface area contributed by atoms with E-state index in [0.29, 0.717) is 28.8 Å². The third kappa shape index (κ3) is 5.70. The van der Waals surface area contributed by atoms with Crippen LogP contribution in [0.4, 0.5) is 23.0 Å². The number of likely N-dealkylation sites (N-methyl/N-ethyl adjacent to an activating group) is 2. The van der Waals surface area contributed by atoms with Crippen LogP contribution in [0.25, 0.3) is 16.9 Å². The first kappa shape index (κ1) is 25.6. The number of ether oxygens (including phenoxy) is 1. The molecule has 0 saturated carbocycles. The van der Waals surface area contributed by atoms with Crippen molar-refractivity contribution in [2.24, 2.45) is 0 Å². The van der Waals surface area contributed by atoms with Crippen LogP contribution < -0.4 is 20.3 Å². The van der Waals surface area contributed by atoms with Gasteiger partial charge < -0.3 is 29.6 Å². The Hall–Kier alpha value is -4.44. The Kier molecular flexibility index (Phi) is 7.69. The van der Waals surface area contributed by atoms with Gasteiger partial charge in [-0.1, -0.05) is 12.6 Å². The number of fused-ring (bicyclic) bond motifs is 1. The van der Waals surface area contributed by atoms with Crippen LogP contribution in [-0.2, 0) is 4.79 Å². The zero-order valence-electron chi connectivity index (χ0n) is 21.8. The Morgan fingerprint density at radius 2 is 1.95 bits per heavy atom. The number of nitrogens with zero attached hydrogens (tertiary/aromatic N) is 6. The average molecular weight is 501 g/mol. The minimum Gasteiger partial charge on any atom is -0.494 e. The molecule has 0 aliphatic rings. The predicted octanol–water partition coefficient (Wildman–Crippen LogP) is 3.97. The number of hydrogen-bond donors (Lipinski definition) is 2. The molecule has 0 spiro atoms. The normalized spacial score (nSPS) is 11.0. The van der Waals surface area contributed by atoms with E-state index in [2.05, 4.69) is 32.0 Å². The van der Waals surface area contributed by atoms with Crippen molar-refractivity contribution in [3.05, 3.63) is 67.3 Å². The lowest BCUT2D eigenvalue weighted by Crippen LogP contribution is -2.29. The molecule has 1 amide bonds. The molecule has 0 bridgehead atoms. The second kappa shape index (κ2) is 11.1. The summed E-state index contributed by atoms with van der Waals surface area (Å²) in [4.78, 5) is 30.2. The Bertz CT molecular complexity index is 1430. The van der Waals surface area contributed by atoms with E-state index in [1.807, 2.05) is 75.1 Å². The van der Waals surface area contributed by atoms with E-state index in [1.54, 1.807) is 13.3 Å². The fraction of sp³-hybridized carbons (Fsp3) is 0.259.